The van der Waals surface area contributed by atoms with Crippen LogP contribution >= 0.6 is 0 Å². The van der Waals surface area contributed by atoms with Crippen LogP contribution in [-0.2, 0) is 4.79 Å². The summed E-state index contributed by atoms with van der Waals surface area (Å²) in [5.74, 6) is 0.255. The molecule has 6 aromatic rings. The lowest BCUT2D eigenvalue weighted by molar-refractivity contribution is -0.122. The molecular formula is C34H32FN7O2. The molecule has 222 valence electrons. The van der Waals surface area contributed by atoms with Crippen molar-refractivity contribution in [3.8, 4) is 39.4 Å². The molecule has 3 N–H and O–H groups in total. The van der Waals surface area contributed by atoms with Crippen molar-refractivity contribution in [1.82, 2.24) is 30.0 Å². The van der Waals surface area contributed by atoms with Gasteiger partial charge in [-0.3, -0.25) is 19.9 Å². The summed E-state index contributed by atoms with van der Waals surface area (Å²) in [4.78, 5) is 26.8. The number of aromatic amines is 2. The predicted molar refractivity (Wildman–Crippen MR) is 170 cm³/mol. The number of nitrogens with zero attached hydrogens (tertiary/aromatic N) is 4. The number of hydrogen-bond donors (Lipinski definition) is 3. The molecule has 44 heavy (non-hydrogen) atoms. The van der Waals surface area contributed by atoms with E-state index in [2.05, 4.69) is 36.5 Å². The highest BCUT2D eigenvalue weighted by Crippen LogP contribution is 2.36. The molecule has 0 unspecified atom stereocenters. The maximum atomic E-state index is 14.7. The highest BCUT2D eigenvalue weighted by Gasteiger charge is 2.25. The lowest BCUT2D eigenvalue weighted by atomic mass is 9.85. The van der Waals surface area contributed by atoms with Gasteiger partial charge in [0.25, 0.3) is 0 Å². The minimum Gasteiger partial charge on any atom is -0.492 e. The van der Waals surface area contributed by atoms with E-state index in [0.29, 0.717) is 23.6 Å². The summed E-state index contributed by atoms with van der Waals surface area (Å²) in [6, 6.07) is 14.8. The lowest BCUT2D eigenvalue weighted by Gasteiger charge is -2.24. The van der Waals surface area contributed by atoms with Crippen LogP contribution in [-0.4, -0.2) is 63.2 Å². The van der Waals surface area contributed by atoms with Crippen LogP contribution in [0.4, 0.5) is 10.1 Å². The van der Waals surface area contributed by atoms with E-state index in [1.807, 2.05) is 49.3 Å². The van der Waals surface area contributed by atoms with Crippen molar-refractivity contribution < 1.29 is 13.9 Å². The van der Waals surface area contributed by atoms with Crippen molar-refractivity contribution in [3.63, 3.8) is 0 Å². The van der Waals surface area contributed by atoms with Gasteiger partial charge in [-0.05, 0) is 74.5 Å². The van der Waals surface area contributed by atoms with Crippen LogP contribution in [0.15, 0.2) is 73.3 Å². The number of halogens is 1. The third-order valence-corrected chi connectivity index (χ3v) is 8.17. The number of likely N-dealkylation sites (N-methyl/N-ethyl adjacent to an activating group) is 1. The van der Waals surface area contributed by atoms with Crippen LogP contribution in [0.3, 0.4) is 0 Å². The van der Waals surface area contributed by atoms with Gasteiger partial charge < -0.3 is 19.9 Å². The Morgan fingerprint density at radius 3 is 2.64 bits per heavy atom. The normalized spacial score (nSPS) is 13.5. The molecule has 0 spiro atoms. The molecule has 0 radical (unpaired) electrons. The van der Waals surface area contributed by atoms with Gasteiger partial charge in [0.1, 0.15) is 23.9 Å². The minimum atomic E-state index is -0.373. The number of fused-ring (bicyclic) bond motifs is 2. The number of nitrogens with one attached hydrogen (secondary N) is 3. The van der Waals surface area contributed by atoms with Crippen LogP contribution in [0.25, 0.3) is 55.4 Å². The van der Waals surface area contributed by atoms with E-state index < -0.39 is 0 Å². The Morgan fingerprint density at radius 1 is 0.955 bits per heavy atom. The molecule has 1 saturated carbocycles. The van der Waals surface area contributed by atoms with Gasteiger partial charge in [0.05, 0.1) is 34.8 Å². The van der Waals surface area contributed by atoms with Gasteiger partial charge in [0.2, 0.25) is 5.91 Å². The molecule has 2 aromatic carbocycles. The fourth-order valence-electron chi connectivity index (χ4n) is 5.54. The Morgan fingerprint density at radius 2 is 1.82 bits per heavy atom. The van der Waals surface area contributed by atoms with Gasteiger partial charge in [-0.1, -0.05) is 12.5 Å². The van der Waals surface area contributed by atoms with Gasteiger partial charge >= 0.3 is 0 Å². The van der Waals surface area contributed by atoms with Gasteiger partial charge in [-0.25, -0.2) is 4.39 Å². The molecule has 0 bridgehead atoms. The number of hydrogen-bond acceptors (Lipinski definition) is 6. The largest absolute Gasteiger partial charge is 0.492 e. The molecule has 7 rings (SSSR count). The first-order chi connectivity index (χ1) is 21.4. The van der Waals surface area contributed by atoms with Crippen LogP contribution in [0, 0.1) is 11.7 Å². The zero-order valence-corrected chi connectivity index (χ0v) is 24.5. The maximum Gasteiger partial charge on any atom is 0.227 e. The highest BCUT2D eigenvalue weighted by molar-refractivity contribution is 6.01. The van der Waals surface area contributed by atoms with Gasteiger partial charge in [0, 0.05) is 52.8 Å². The van der Waals surface area contributed by atoms with Gasteiger partial charge in [0.15, 0.2) is 0 Å². The molecule has 4 aromatic heterocycles. The number of amides is 1. The van der Waals surface area contributed by atoms with Crippen molar-refractivity contribution in [2.45, 2.75) is 19.3 Å². The van der Waals surface area contributed by atoms with Crippen molar-refractivity contribution in [2.75, 3.05) is 32.6 Å². The molecule has 0 saturated heterocycles. The summed E-state index contributed by atoms with van der Waals surface area (Å²) < 4.78 is 20.5. The summed E-state index contributed by atoms with van der Waals surface area (Å²) in [6.07, 6.45) is 9.95. The zero-order valence-electron chi connectivity index (χ0n) is 24.5. The van der Waals surface area contributed by atoms with Crippen molar-refractivity contribution in [3.05, 3.63) is 79.1 Å². The van der Waals surface area contributed by atoms with E-state index in [4.69, 9.17) is 4.74 Å². The topological polar surface area (TPSA) is 112 Å². The summed E-state index contributed by atoms with van der Waals surface area (Å²) in [5, 5.41) is 12.6. The van der Waals surface area contributed by atoms with Crippen LogP contribution in [0.5, 0.6) is 5.75 Å². The number of carbonyl (C=O) groups excluding carboxylic acids is 1. The molecule has 10 heteroatoms. The first-order valence-electron chi connectivity index (χ1n) is 14.7. The monoisotopic (exact) mass is 589 g/mol. The first kappa shape index (κ1) is 27.7. The van der Waals surface area contributed by atoms with E-state index in [1.54, 1.807) is 24.8 Å². The Kier molecular flexibility index (Phi) is 7.27. The smallest absolute Gasteiger partial charge is 0.227 e. The second kappa shape index (κ2) is 11.5. The minimum absolute atomic E-state index is 0.0572. The zero-order chi connectivity index (χ0) is 30.2. The third kappa shape index (κ3) is 5.51. The Hall–Kier alpha value is -5.09. The van der Waals surface area contributed by atoms with Crippen molar-refractivity contribution >= 4 is 33.4 Å². The SMILES string of the molecule is CN(C)CCOc1cc(F)cc(-c2cncc3[nH]c(-c4n[nH]c5ccc(-c6cncc(NC(=O)C7CCC7)c6)cc45)cc23)c1. The molecule has 1 fully saturated rings. The van der Waals surface area contributed by atoms with E-state index in [1.165, 1.54) is 12.1 Å². The predicted octanol–water partition coefficient (Wildman–Crippen LogP) is 6.65. The number of carbonyl (C=O) groups is 1. The average molecular weight is 590 g/mol. The first-order valence-corrected chi connectivity index (χ1v) is 14.7. The number of anilines is 1. The van der Waals surface area contributed by atoms with E-state index in [0.717, 1.165) is 75.7 Å². The molecule has 9 nitrogen and oxygen atoms in total. The van der Waals surface area contributed by atoms with E-state index in [9.17, 15) is 9.18 Å². The van der Waals surface area contributed by atoms with Crippen LogP contribution in [0.2, 0.25) is 0 Å². The number of rotatable bonds is 9. The standard InChI is InChI=1S/C34H32FN7O2/c1-42(2)8-9-44-26-12-22(10-24(35)14-26)29-18-37-19-32-27(29)15-31(39-32)33-28-13-21(6-7-30(28)40-41-33)23-11-25(17-36-16-23)38-34(43)20-4-3-5-20/h6-7,10-20,39H,3-5,8-9H2,1-2H3,(H,38,43)(H,40,41). The molecular weight excluding hydrogens is 557 g/mol. The molecule has 1 amide bonds. The van der Waals surface area contributed by atoms with Gasteiger partial charge in [-0.2, -0.15) is 5.10 Å². The summed E-state index contributed by atoms with van der Waals surface area (Å²) >= 11 is 0. The molecule has 4 heterocycles. The fourth-order valence-corrected chi connectivity index (χ4v) is 5.54. The number of H-pyrrole nitrogens is 2. The van der Waals surface area contributed by atoms with E-state index >= 15 is 0 Å². The Balaban J connectivity index is 1.21. The summed E-state index contributed by atoms with van der Waals surface area (Å²) in [6.45, 7) is 1.18. The number of aromatic nitrogens is 5. The lowest BCUT2D eigenvalue weighted by Crippen LogP contribution is -2.28. The quantitative estimate of drug-likeness (QED) is 0.174. The second-order valence-corrected chi connectivity index (χ2v) is 11.6. The summed E-state index contributed by atoms with van der Waals surface area (Å²) in [7, 11) is 3.93. The molecule has 0 atom stereocenters. The fraction of sp³-hybridized carbons (Fsp3) is 0.235. The van der Waals surface area contributed by atoms with E-state index in [-0.39, 0.29) is 17.6 Å². The number of ether oxygens (including phenoxy) is 1. The third-order valence-electron chi connectivity index (χ3n) is 8.17. The molecule has 1 aliphatic carbocycles. The van der Waals surface area contributed by atoms with Crippen molar-refractivity contribution in [1.29, 1.82) is 0 Å². The Bertz CT molecular complexity index is 1990. The molecule has 1 aliphatic rings. The highest BCUT2D eigenvalue weighted by atomic mass is 19.1. The number of benzene rings is 2. The second-order valence-electron chi connectivity index (χ2n) is 11.6. The number of pyridine rings is 2. The van der Waals surface area contributed by atoms with Gasteiger partial charge in [-0.15, -0.1) is 0 Å². The maximum absolute atomic E-state index is 14.7. The van der Waals surface area contributed by atoms with Crippen LogP contribution < -0.4 is 10.1 Å². The van der Waals surface area contributed by atoms with Crippen molar-refractivity contribution in [2.24, 2.45) is 5.92 Å². The summed E-state index contributed by atoms with van der Waals surface area (Å²) in [5.41, 5.74) is 7.24. The van der Waals surface area contributed by atoms with Crippen LogP contribution in [0.1, 0.15) is 19.3 Å². The Labute approximate surface area is 253 Å². The molecule has 0 aliphatic heterocycles. The average Bonchev–Trinajstić information content (AvgIpc) is 3.59.